The zero-order valence-corrected chi connectivity index (χ0v) is 8.91. The number of rotatable bonds is 2. The van der Waals surface area contributed by atoms with E-state index in [1.165, 1.54) is 11.1 Å². The van der Waals surface area contributed by atoms with Crippen molar-refractivity contribution in [1.29, 1.82) is 0 Å². The Kier molecular flexibility index (Phi) is 2.51. The number of carboxylic acid groups (broad SMARTS) is 1. The quantitative estimate of drug-likeness (QED) is 0.844. The second-order valence-electron chi connectivity index (χ2n) is 3.18. The van der Waals surface area contributed by atoms with E-state index in [4.69, 9.17) is 5.11 Å². The fraction of sp³-hybridized carbons (Fsp3) is 0.0909. The van der Waals surface area contributed by atoms with Crippen LogP contribution in [-0.4, -0.2) is 16.1 Å². The van der Waals surface area contributed by atoms with Gasteiger partial charge in [0, 0.05) is 27.7 Å². The fourth-order valence-corrected chi connectivity index (χ4v) is 2.13. The summed E-state index contributed by atoms with van der Waals surface area (Å²) in [5.41, 5.74) is 1.08. The molecule has 2 aromatic heterocycles. The van der Waals surface area contributed by atoms with Crippen LogP contribution in [0.25, 0.3) is 10.4 Å². The Morgan fingerprint density at radius 3 is 2.80 bits per heavy atom. The summed E-state index contributed by atoms with van der Waals surface area (Å²) in [5, 5.41) is 8.82. The molecule has 0 aromatic carbocycles. The lowest BCUT2D eigenvalue weighted by atomic mass is 10.2. The molecule has 0 aliphatic rings. The molecule has 0 atom stereocenters. The van der Waals surface area contributed by atoms with Gasteiger partial charge in [-0.05, 0) is 25.1 Å². The zero-order valence-electron chi connectivity index (χ0n) is 8.10. The van der Waals surface area contributed by atoms with Gasteiger partial charge in [-0.25, -0.2) is 4.79 Å². The molecule has 76 valence electrons. The minimum absolute atomic E-state index is 0.221. The van der Waals surface area contributed by atoms with Crippen LogP contribution in [0.15, 0.2) is 30.6 Å². The minimum Gasteiger partial charge on any atom is -0.478 e. The first-order chi connectivity index (χ1) is 7.16. The van der Waals surface area contributed by atoms with Gasteiger partial charge in [0.1, 0.15) is 0 Å². The van der Waals surface area contributed by atoms with Crippen molar-refractivity contribution in [3.63, 3.8) is 0 Å². The summed E-state index contributed by atoms with van der Waals surface area (Å²) in [6, 6.07) is 5.62. The molecule has 2 heterocycles. The van der Waals surface area contributed by atoms with Crippen LogP contribution in [0, 0.1) is 6.92 Å². The number of nitrogens with zero attached hydrogens (tertiary/aromatic N) is 1. The van der Waals surface area contributed by atoms with Gasteiger partial charge in [0.2, 0.25) is 0 Å². The first-order valence-electron chi connectivity index (χ1n) is 4.42. The molecule has 0 spiro atoms. The molecule has 15 heavy (non-hydrogen) atoms. The molecule has 0 fully saturated rings. The van der Waals surface area contributed by atoms with Crippen molar-refractivity contribution in [1.82, 2.24) is 4.98 Å². The van der Waals surface area contributed by atoms with Crippen molar-refractivity contribution < 1.29 is 9.90 Å². The Labute approximate surface area is 91.0 Å². The highest BCUT2D eigenvalue weighted by molar-refractivity contribution is 7.15. The van der Waals surface area contributed by atoms with E-state index in [0.717, 1.165) is 10.4 Å². The average Bonchev–Trinajstić information content (AvgIpc) is 2.65. The molecule has 0 aliphatic heterocycles. The highest BCUT2D eigenvalue weighted by atomic mass is 32.1. The van der Waals surface area contributed by atoms with Crippen molar-refractivity contribution in [3.05, 3.63) is 41.0 Å². The van der Waals surface area contributed by atoms with Crippen molar-refractivity contribution in [3.8, 4) is 10.4 Å². The molecular weight excluding hydrogens is 210 g/mol. The maximum atomic E-state index is 10.8. The molecule has 0 radical (unpaired) electrons. The van der Waals surface area contributed by atoms with Gasteiger partial charge >= 0.3 is 5.97 Å². The van der Waals surface area contributed by atoms with Crippen LogP contribution in [0.4, 0.5) is 0 Å². The van der Waals surface area contributed by atoms with Gasteiger partial charge in [-0.2, -0.15) is 0 Å². The van der Waals surface area contributed by atoms with Crippen molar-refractivity contribution in [2.24, 2.45) is 0 Å². The maximum absolute atomic E-state index is 10.8. The predicted molar refractivity (Wildman–Crippen MR) is 59.2 cm³/mol. The molecule has 0 amide bonds. The Hall–Kier alpha value is -1.68. The van der Waals surface area contributed by atoms with E-state index in [-0.39, 0.29) is 5.56 Å². The summed E-state index contributed by atoms with van der Waals surface area (Å²) in [6.45, 7) is 2.02. The standard InChI is InChI=1S/C11H9NO2S/c1-7-2-3-10(15-7)8-4-9(11(13)14)6-12-5-8/h2-6H,1H3,(H,13,14). The van der Waals surface area contributed by atoms with Crippen LogP contribution in [-0.2, 0) is 0 Å². The molecule has 0 unspecified atom stereocenters. The third kappa shape index (κ3) is 2.05. The van der Waals surface area contributed by atoms with Crippen LogP contribution in [0.5, 0.6) is 0 Å². The molecule has 4 heteroatoms. The monoisotopic (exact) mass is 219 g/mol. The lowest BCUT2D eigenvalue weighted by Gasteiger charge is -1.98. The zero-order chi connectivity index (χ0) is 10.8. The summed E-state index contributed by atoms with van der Waals surface area (Å²) < 4.78 is 0. The van der Waals surface area contributed by atoms with E-state index in [1.54, 1.807) is 23.6 Å². The van der Waals surface area contributed by atoms with Gasteiger partial charge in [-0.15, -0.1) is 11.3 Å². The Balaban J connectivity index is 2.45. The fourth-order valence-electron chi connectivity index (χ4n) is 1.28. The van der Waals surface area contributed by atoms with Crippen molar-refractivity contribution in [2.75, 3.05) is 0 Å². The lowest BCUT2D eigenvalue weighted by molar-refractivity contribution is 0.0696. The Bertz CT molecular complexity index is 505. The van der Waals surface area contributed by atoms with Gasteiger partial charge in [0.25, 0.3) is 0 Å². The van der Waals surface area contributed by atoms with Crippen LogP contribution in [0.1, 0.15) is 15.2 Å². The van der Waals surface area contributed by atoms with Crippen molar-refractivity contribution in [2.45, 2.75) is 6.92 Å². The normalized spacial score (nSPS) is 10.2. The molecule has 3 nitrogen and oxygen atoms in total. The second kappa shape index (κ2) is 3.82. The number of aryl methyl sites for hydroxylation is 1. The summed E-state index contributed by atoms with van der Waals surface area (Å²) in [7, 11) is 0. The van der Waals surface area contributed by atoms with Gasteiger partial charge < -0.3 is 5.11 Å². The SMILES string of the molecule is Cc1ccc(-c2cncc(C(=O)O)c2)s1. The third-order valence-electron chi connectivity index (χ3n) is 2.01. The number of carbonyl (C=O) groups is 1. The summed E-state index contributed by atoms with van der Waals surface area (Å²) in [6.07, 6.45) is 3.03. The highest BCUT2D eigenvalue weighted by Gasteiger charge is 2.06. The minimum atomic E-state index is -0.947. The first-order valence-corrected chi connectivity index (χ1v) is 5.23. The highest BCUT2D eigenvalue weighted by Crippen LogP contribution is 2.27. The number of hydrogen-bond acceptors (Lipinski definition) is 3. The molecule has 0 aliphatic carbocycles. The van der Waals surface area contributed by atoms with E-state index < -0.39 is 5.97 Å². The number of pyridine rings is 1. The van der Waals surface area contributed by atoms with Crippen LogP contribution in [0.3, 0.4) is 0 Å². The molecule has 2 rings (SSSR count). The molecule has 0 saturated heterocycles. The number of carboxylic acids is 1. The van der Waals surface area contributed by atoms with Gasteiger partial charge in [-0.3, -0.25) is 4.98 Å². The number of aromatic nitrogens is 1. The maximum Gasteiger partial charge on any atom is 0.337 e. The first kappa shape index (κ1) is 9.86. The molecule has 1 N–H and O–H groups in total. The average molecular weight is 219 g/mol. The molecule has 2 aromatic rings. The molecule has 0 bridgehead atoms. The van der Waals surface area contributed by atoms with E-state index in [2.05, 4.69) is 4.98 Å². The van der Waals surface area contributed by atoms with Crippen molar-refractivity contribution >= 4 is 17.3 Å². The van der Waals surface area contributed by atoms with E-state index in [9.17, 15) is 4.79 Å². The Morgan fingerprint density at radius 2 is 2.20 bits per heavy atom. The van der Waals surface area contributed by atoms with Gasteiger partial charge in [0.15, 0.2) is 0 Å². The van der Waals surface area contributed by atoms with E-state index in [0.29, 0.717) is 0 Å². The largest absolute Gasteiger partial charge is 0.478 e. The predicted octanol–water partition coefficient (Wildman–Crippen LogP) is 2.82. The summed E-state index contributed by atoms with van der Waals surface area (Å²) >= 11 is 1.63. The number of hydrogen-bond donors (Lipinski definition) is 1. The van der Waals surface area contributed by atoms with E-state index in [1.807, 2.05) is 19.1 Å². The number of thiophene rings is 1. The van der Waals surface area contributed by atoms with Gasteiger partial charge in [0.05, 0.1) is 5.56 Å². The van der Waals surface area contributed by atoms with Crippen LogP contribution >= 0.6 is 11.3 Å². The summed E-state index contributed by atoms with van der Waals surface area (Å²) in [4.78, 5) is 16.9. The smallest absolute Gasteiger partial charge is 0.337 e. The van der Waals surface area contributed by atoms with Crippen LogP contribution < -0.4 is 0 Å². The Morgan fingerprint density at radius 1 is 1.40 bits per heavy atom. The van der Waals surface area contributed by atoms with Gasteiger partial charge in [-0.1, -0.05) is 0 Å². The lowest BCUT2D eigenvalue weighted by Crippen LogP contribution is -1.96. The molecule has 0 saturated carbocycles. The summed E-state index contributed by atoms with van der Waals surface area (Å²) in [5.74, 6) is -0.947. The third-order valence-corrected chi connectivity index (χ3v) is 3.06. The topological polar surface area (TPSA) is 50.2 Å². The van der Waals surface area contributed by atoms with Crippen LogP contribution in [0.2, 0.25) is 0 Å². The number of aromatic carboxylic acids is 1. The molecular formula is C11H9NO2S. The second-order valence-corrected chi connectivity index (χ2v) is 4.47. The van der Waals surface area contributed by atoms with E-state index >= 15 is 0 Å².